The van der Waals surface area contributed by atoms with Crippen LogP contribution in [0.4, 0.5) is 13.2 Å². The van der Waals surface area contributed by atoms with E-state index in [1.807, 2.05) is 6.92 Å². The Bertz CT molecular complexity index is 1020. The molecule has 0 aliphatic heterocycles. The third-order valence-electron chi connectivity index (χ3n) is 4.84. The molecule has 0 N–H and O–H groups in total. The number of aromatic nitrogens is 1. The molecule has 3 aromatic rings. The van der Waals surface area contributed by atoms with Crippen molar-refractivity contribution in [3.8, 4) is 16.9 Å². The summed E-state index contributed by atoms with van der Waals surface area (Å²) in [5, 5.41) is 0. The van der Waals surface area contributed by atoms with Crippen molar-refractivity contribution in [2.24, 2.45) is 0 Å². The van der Waals surface area contributed by atoms with Crippen LogP contribution in [0.15, 0.2) is 67.0 Å². The number of rotatable bonds is 7. The van der Waals surface area contributed by atoms with E-state index in [0.717, 1.165) is 24.1 Å². The topological polar surface area (TPSA) is 48.4 Å². The average Bonchev–Trinajstić information content (AvgIpc) is 2.78. The maximum atomic E-state index is 12.8. The molecule has 0 amide bonds. The first-order chi connectivity index (χ1) is 14.8. The summed E-state index contributed by atoms with van der Waals surface area (Å²) in [5.41, 5.74) is 1.80. The first kappa shape index (κ1) is 22.3. The van der Waals surface area contributed by atoms with Gasteiger partial charge in [0.15, 0.2) is 0 Å². The van der Waals surface area contributed by atoms with Crippen molar-refractivity contribution < 1.29 is 27.4 Å². The van der Waals surface area contributed by atoms with E-state index in [-0.39, 0.29) is 6.10 Å². The molecule has 0 saturated carbocycles. The van der Waals surface area contributed by atoms with Gasteiger partial charge in [0.05, 0.1) is 18.2 Å². The molecule has 1 aromatic heterocycles. The fraction of sp³-hybridized carbons (Fsp3) is 0.250. The van der Waals surface area contributed by atoms with Crippen LogP contribution < -0.4 is 4.74 Å². The average molecular weight is 429 g/mol. The number of ether oxygens (including phenoxy) is 2. The highest BCUT2D eigenvalue weighted by molar-refractivity contribution is 5.90. The molecule has 0 saturated heterocycles. The van der Waals surface area contributed by atoms with E-state index < -0.39 is 17.7 Å². The Morgan fingerprint density at radius 2 is 1.61 bits per heavy atom. The molecule has 2 aromatic carbocycles. The first-order valence-corrected chi connectivity index (χ1v) is 9.80. The maximum absolute atomic E-state index is 12.8. The predicted molar refractivity (Wildman–Crippen MR) is 111 cm³/mol. The number of esters is 1. The van der Waals surface area contributed by atoms with E-state index in [2.05, 4.69) is 4.98 Å². The van der Waals surface area contributed by atoms with Crippen molar-refractivity contribution in [3.05, 3.63) is 83.7 Å². The van der Waals surface area contributed by atoms with Crippen LogP contribution >= 0.6 is 0 Å². The van der Waals surface area contributed by atoms with Gasteiger partial charge in [-0.3, -0.25) is 4.98 Å². The van der Waals surface area contributed by atoms with Crippen LogP contribution in [0.5, 0.6) is 5.75 Å². The number of pyridine rings is 1. The van der Waals surface area contributed by atoms with Gasteiger partial charge in [0.2, 0.25) is 0 Å². The standard InChI is InChI=1S/C24H22F3NO3/c1-3-4-22(20-13-14-28-15-21(20)23(29)30-2)31-19-11-7-17(8-12-19)16-5-9-18(10-6-16)24(25,26)27/h5-15,22H,3-4H2,1-2H3. The predicted octanol–water partition coefficient (Wildman–Crippen LogP) is 6.47. The van der Waals surface area contributed by atoms with Gasteiger partial charge in [0, 0.05) is 18.0 Å². The van der Waals surface area contributed by atoms with Crippen LogP contribution in [-0.2, 0) is 10.9 Å². The zero-order chi connectivity index (χ0) is 22.4. The molecule has 0 bridgehead atoms. The van der Waals surface area contributed by atoms with E-state index >= 15 is 0 Å². The molecule has 0 spiro atoms. The molecule has 4 nitrogen and oxygen atoms in total. The van der Waals surface area contributed by atoms with Crippen LogP contribution in [0.1, 0.15) is 47.4 Å². The van der Waals surface area contributed by atoms with Crippen molar-refractivity contribution in [1.82, 2.24) is 4.98 Å². The van der Waals surface area contributed by atoms with Crippen LogP contribution in [0, 0.1) is 0 Å². The summed E-state index contributed by atoms with van der Waals surface area (Å²) < 4.78 is 49.2. The van der Waals surface area contributed by atoms with Crippen molar-refractivity contribution in [3.63, 3.8) is 0 Å². The Morgan fingerprint density at radius 1 is 1.00 bits per heavy atom. The van der Waals surface area contributed by atoms with Crippen LogP contribution in [0.2, 0.25) is 0 Å². The monoisotopic (exact) mass is 429 g/mol. The van der Waals surface area contributed by atoms with E-state index in [1.54, 1.807) is 36.5 Å². The van der Waals surface area contributed by atoms with Crippen molar-refractivity contribution in [2.75, 3.05) is 7.11 Å². The van der Waals surface area contributed by atoms with Gasteiger partial charge in [-0.05, 0) is 47.9 Å². The van der Waals surface area contributed by atoms with E-state index in [0.29, 0.717) is 28.9 Å². The highest BCUT2D eigenvalue weighted by atomic mass is 19.4. The number of nitrogens with zero attached hydrogens (tertiary/aromatic N) is 1. The van der Waals surface area contributed by atoms with Gasteiger partial charge >= 0.3 is 12.1 Å². The second kappa shape index (κ2) is 9.64. The Hall–Kier alpha value is -3.35. The Labute approximate surface area is 178 Å². The minimum absolute atomic E-state index is 0.352. The fourth-order valence-electron chi connectivity index (χ4n) is 3.25. The van der Waals surface area contributed by atoms with Gasteiger partial charge in [-0.2, -0.15) is 13.2 Å². The number of hydrogen-bond acceptors (Lipinski definition) is 4. The lowest BCUT2D eigenvalue weighted by Gasteiger charge is -2.21. The summed E-state index contributed by atoms with van der Waals surface area (Å²) in [5.74, 6) is 0.104. The van der Waals surface area contributed by atoms with Gasteiger partial charge in [-0.1, -0.05) is 37.6 Å². The Kier molecular flexibility index (Phi) is 6.95. The molecule has 31 heavy (non-hydrogen) atoms. The zero-order valence-corrected chi connectivity index (χ0v) is 17.1. The molecule has 1 heterocycles. The summed E-state index contributed by atoms with van der Waals surface area (Å²) in [6.07, 6.45) is -0.173. The molecule has 0 aliphatic rings. The number of alkyl halides is 3. The van der Waals surface area contributed by atoms with Gasteiger partial charge in [0.25, 0.3) is 0 Å². The van der Waals surface area contributed by atoms with Crippen molar-refractivity contribution in [2.45, 2.75) is 32.0 Å². The molecule has 0 radical (unpaired) electrons. The van der Waals surface area contributed by atoms with Gasteiger partial charge < -0.3 is 9.47 Å². The number of benzene rings is 2. The second-order valence-electron chi connectivity index (χ2n) is 6.95. The molecular weight excluding hydrogens is 407 g/mol. The van der Waals surface area contributed by atoms with Gasteiger partial charge in [-0.15, -0.1) is 0 Å². The number of hydrogen-bond donors (Lipinski definition) is 0. The summed E-state index contributed by atoms with van der Waals surface area (Å²) in [7, 11) is 1.31. The Balaban J connectivity index is 1.81. The molecule has 1 unspecified atom stereocenters. The number of carbonyl (C=O) groups is 1. The van der Waals surface area contributed by atoms with Gasteiger partial charge in [0.1, 0.15) is 11.9 Å². The molecule has 7 heteroatoms. The van der Waals surface area contributed by atoms with Crippen LogP contribution in [0.25, 0.3) is 11.1 Å². The minimum atomic E-state index is -4.36. The van der Waals surface area contributed by atoms with E-state index in [4.69, 9.17) is 9.47 Å². The summed E-state index contributed by atoms with van der Waals surface area (Å²) in [6.45, 7) is 2.02. The third-order valence-corrected chi connectivity index (χ3v) is 4.84. The van der Waals surface area contributed by atoms with Crippen molar-refractivity contribution in [1.29, 1.82) is 0 Å². The highest BCUT2D eigenvalue weighted by Gasteiger charge is 2.30. The van der Waals surface area contributed by atoms with Crippen LogP contribution in [0.3, 0.4) is 0 Å². The Morgan fingerprint density at radius 3 is 2.16 bits per heavy atom. The normalized spacial score (nSPS) is 12.3. The largest absolute Gasteiger partial charge is 0.486 e. The summed E-state index contributed by atoms with van der Waals surface area (Å²) in [6, 6.07) is 13.8. The lowest BCUT2D eigenvalue weighted by Crippen LogP contribution is -2.14. The number of halogens is 3. The molecule has 1 atom stereocenters. The zero-order valence-electron chi connectivity index (χ0n) is 17.1. The number of carbonyl (C=O) groups excluding carboxylic acids is 1. The fourth-order valence-corrected chi connectivity index (χ4v) is 3.25. The smallest absolute Gasteiger partial charge is 0.416 e. The van der Waals surface area contributed by atoms with E-state index in [9.17, 15) is 18.0 Å². The SMILES string of the molecule is CCCC(Oc1ccc(-c2ccc(C(F)(F)F)cc2)cc1)c1ccncc1C(=O)OC. The number of methoxy groups -OCH3 is 1. The molecular formula is C24H22F3NO3. The molecule has 0 fully saturated rings. The molecule has 3 rings (SSSR count). The first-order valence-electron chi connectivity index (χ1n) is 9.80. The maximum Gasteiger partial charge on any atom is 0.416 e. The lowest BCUT2D eigenvalue weighted by atomic mass is 10.0. The van der Waals surface area contributed by atoms with Crippen LogP contribution in [-0.4, -0.2) is 18.1 Å². The third kappa shape index (κ3) is 5.42. The summed E-state index contributed by atoms with van der Waals surface area (Å²) in [4.78, 5) is 16.1. The lowest BCUT2D eigenvalue weighted by molar-refractivity contribution is -0.137. The summed E-state index contributed by atoms with van der Waals surface area (Å²) >= 11 is 0. The van der Waals surface area contributed by atoms with E-state index in [1.165, 1.54) is 25.4 Å². The van der Waals surface area contributed by atoms with Gasteiger partial charge in [-0.25, -0.2) is 4.79 Å². The minimum Gasteiger partial charge on any atom is -0.486 e. The quantitative estimate of drug-likeness (QED) is 0.404. The highest BCUT2D eigenvalue weighted by Crippen LogP contribution is 2.32. The van der Waals surface area contributed by atoms with Crippen molar-refractivity contribution >= 4 is 5.97 Å². The molecule has 0 aliphatic carbocycles. The molecule has 162 valence electrons. The second-order valence-corrected chi connectivity index (χ2v) is 6.95.